The molecule has 1 aliphatic carbocycles. The van der Waals surface area contributed by atoms with Crippen molar-refractivity contribution in [2.45, 2.75) is 51.3 Å². The fourth-order valence-corrected chi connectivity index (χ4v) is 5.74. The molecule has 0 radical (unpaired) electrons. The van der Waals surface area contributed by atoms with Crippen LogP contribution < -0.4 is 0 Å². The van der Waals surface area contributed by atoms with Crippen LogP contribution >= 0.6 is 15.9 Å². The lowest BCUT2D eigenvalue weighted by Crippen LogP contribution is -2.44. The van der Waals surface area contributed by atoms with E-state index in [0.29, 0.717) is 18.7 Å². The Labute approximate surface area is 195 Å². The third-order valence-electron chi connectivity index (χ3n) is 6.64. The molecule has 5 rings (SSSR count). The first-order chi connectivity index (χ1) is 15.4. The van der Waals surface area contributed by atoms with Crippen LogP contribution in [0.2, 0.25) is 0 Å². The fourth-order valence-electron chi connectivity index (χ4n) is 5.36. The molecule has 1 spiro atoms. The number of amides is 1. The van der Waals surface area contributed by atoms with Crippen LogP contribution in [0.5, 0.6) is 0 Å². The quantitative estimate of drug-likeness (QED) is 0.508. The van der Waals surface area contributed by atoms with Crippen molar-refractivity contribution in [2.75, 3.05) is 6.54 Å². The molecule has 2 aromatic heterocycles. The summed E-state index contributed by atoms with van der Waals surface area (Å²) in [6.45, 7) is 4.06. The van der Waals surface area contributed by atoms with Crippen molar-refractivity contribution >= 4 is 33.1 Å². The van der Waals surface area contributed by atoms with Gasteiger partial charge in [0.15, 0.2) is 0 Å². The Balaban J connectivity index is 1.35. The van der Waals surface area contributed by atoms with Crippen LogP contribution in [-0.2, 0) is 17.8 Å². The minimum absolute atomic E-state index is 0.0428. The van der Waals surface area contributed by atoms with Crippen molar-refractivity contribution < 1.29 is 9.53 Å². The van der Waals surface area contributed by atoms with Crippen LogP contribution in [0.25, 0.3) is 11.0 Å². The second-order valence-electron chi connectivity index (χ2n) is 9.40. The number of fused-ring (bicyclic) bond motifs is 1. The average molecular weight is 494 g/mol. The predicted octanol–water partition coefficient (Wildman–Crippen LogP) is 5.04. The van der Waals surface area contributed by atoms with E-state index in [1.54, 1.807) is 17.2 Å². The number of pyridine rings is 1. The first kappa shape index (κ1) is 21.0. The van der Waals surface area contributed by atoms with E-state index in [4.69, 9.17) is 4.74 Å². The summed E-state index contributed by atoms with van der Waals surface area (Å²) in [6, 6.07) is 11.6. The lowest BCUT2D eigenvalue weighted by Gasteiger charge is -2.43. The monoisotopic (exact) mass is 493 g/mol. The van der Waals surface area contributed by atoms with Gasteiger partial charge in [-0.05, 0) is 61.4 Å². The normalized spacial score (nSPS) is 25.3. The van der Waals surface area contributed by atoms with Gasteiger partial charge in [-0.3, -0.25) is 9.88 Å². The molecule has 1 saturated carbocycles. The number of hydrogen-bond acceptors (Lipinski definition) is 5. The number of carbonyl (C=O) groups excluding carboxylic acids is 1. The molecule has 0 unspecified atom stereocenters. The van der Waals surface area contributed by atoms with Crippen LogP contribution in [-0.4, -0.2) is 37.7 Å². The zero-order chi connectivity index (χ0) is 22.3. The molecule has 2 atom stereocenters. The summed E-state index contributed by atoms with van der Waals surface area (Å²) in [5.41, 5.74) is 2.81. The van der Waals surface area contributed by atoms with E-state index < -0.39 is 5.60 Å². The highest BCUT2D eigenvalue weighted by molar-refractivity contribution is 9.10. The minimum Gasteiger partial charge on any atom is -0.441 e. The number of carbonyl (C=O) groups is 1. The van der Waals surface area contributed by atoms with E-state index >= 15 is 0 Å². The average Bonchev–Trinajstić information content (AvgIpc) is 3.27. The van der Waals surface area contributed by atoms with Crippen molar-refractivity contribution in [1.29, 1.82) is 5.26 Å². The third kappa shape index (κ3) is 3.97. The first-order valence-electron chi connectivity index (χ1n) is 10.8. The summed E-state index contributed by atoms with van der Waals surface area (Å²) in [7, 11) is 0. The van der Waals surface area contributed by atoms with Gasteiger partial charge in [0.1, 0.15) is 5.60 Å². The molecule has 3 heterocycles. The summed E-state index contributed by atoms with van der Waals surface area (Å²) in [5, 5.41) is 9.27. The van der Waals surface area contributed by atoms with E-state index in [0.717, 1.165) is 53.4 Å². The molecule has 0 N–H and O–H groups in total. The number of ether oxygens (including phenoxy) is 1. The van der Waals surface area contributed by atoms with Crippen molar-refractivity contribution in [2.24, 2.45) is 5.41 Å². The number of rotatable bonds is 4. The summed E-state index contributed by atoms with van der Waals surface area (Å²) < 4.78 is 9.10. The van der Waals surface area contributed by atoms with Gasteiger partial charge in [-0.25, -0.2) is 9.78 Å². The SMILES string of the molecule is C[C@]1(Cn2cnc3ccc(C#N)cc32)CCC[C@@]2(CN(Cc3cc(Br)ccn3)C(=O)O2)C1. The van der Waals surface area contributed by atoms with E-state index in [1.165, 1.54) is 0 Å². The third-order valence-corrected chi connectivity index (χ3v) is 7.13. The molecule has 1 aromatic carbocycles. The molecule has 2 fully saturated rings. The van der Waals surface area contributed by atoms with Crippen molar-refractivity contribution in [1.82, 2.24) is 19.4 Å². The summed E-state index contributed by atoms with van der Waals surface area (Å²) >= 11 is 3.47. The largest absolute Gasteiger partial charge is 0.441 e. The highest BCUT2D eigenvalue weighted by atomic mass is 79.9. The van der Waals surface area contributed by atoms with Gasteiger partial charge in [0.2, 0.25) is 0 Å². The second-order valence-corrected chi connectivity index (χ2v) is 10.3. The Morgan fingerprint density at radius 2 is 2.12 bits per heavy atom. The van der Waals surface area contributed by atoms with Crippen molar-refractivity contribution in [3.63, 3.8) is 0 Å². The molecule has 7 nitrogen and oxygen atoms in total. The minimum atomic E-state index is -0.468. The molecule has 3 aromatic rings. The van der Waals surface area contributed by atoms with Gasteiger partial charge in [-0.1, -0.05) is 22.9 Å². The zero-order valence-electron chi connectivity index (χ0n) is 17.9. The van der Waals surface area contributed by atoms with Crippen LogP contribution in [0.1, 0.15) is 43.9 Å². The summed E-state index contributed by atoms with van der Waals surface area (Å²) in [5.74, 6) is 0. The van der Waals surface area contributed by atoms with E-state index in [2.05, 4.69) is 43.5 Å². The standard InChI is InChI=1S/C24H24BrN5O2/c1-23(14-30-16-28-20-4-3-17(11-26)9-21(20)30)6-2-7-24(13-23)15-29(22(31)32-24)12-19-10-18(25)5-8-27-19/h3-5,8-10,16H,2,6-7,12-15H2,1H3/t23-,24-/m0/s1. The zero-order valence-corrected chi connectivity index (χ0v) is 19.5. The van der Waals surface area contributed by atoms with Crippen LogP contribution in [0.15, 0.2) is 47.3 Å². The number of nitrogens with zero attached hydrogens (tertiary/aromatic N) is 5. The molecule has 1 aliphatic heterocycles. The molecular formula is C24H24BrN5O2. The lowest BCUT2D eigenvalue weighted by molar-refractivity contribution is -0.0270. The molecule has 8 heteroatoms. The maximum atomic E-state index is 12.7. The van der Waals surface area contributed by atoms with Crippen LogP contribution in [0.4, 0.5) is 4.79 Å². The Morgan fingerprint density at radius 3 is 2.94 bits per heavy atom. The molecule has 1 saturated heterocycles. The molecule has 32 heavy (non-hydrogen) atoms. The van der Waals surface area contributed by atoms with Gasteiger partial charge in [0, 0.05) is 17.2 Å². The number of nitriles is 1. The van der Waals surface area contributed by atoms with Gasteiger partial charge in [0.25, 0.3) is 0 Å². The van der Waals surface area contributed by atoms with Gasteiger partial charge >= 0.3 is 6.09 Å². The van der Waals surface area contributed by atoms with Gasteiger partial charge in [-0.2, -0.15) is 5.26 Å². The molecule has 164 valence electrons. The molecular weight excluding hydrogens is 470 g/mol. The van der Waals surface area contributed by atoms with Crippen LogP contribution in [0, 0.1) is 16.7 Å². The van der Waals surface area contributed by atoms with Gasteiger partial charge in [0.05, 0.1) is 47.8 Å². The smallest absolute Gasteiger partial charge is 0.410 e. The van der Waals surface area contributed by atoms with Gasteiger partial charge < -0.3 is 9.30 Å². The Bertz CT molecular complexity index is 1230. The highest BCUT2D eigenvalue weighted by Crippen LogP contribution is 2.47. The number of aromatic nitrogens is 3. The van der Waals surface area contributed by atoms with E-state index in [1.807, 2.05) is 30.6 Å². The Hall–Kier alpha value is -2.92. The van der Waals surface area contributed by atoms with E-state index in [9.17, 15) is 10.1 Å². The molecule has 0 bridgehead atoms. The molecule has 2 aliphatic rings. The maximum Gasteiger partial charge on any atom is 0.410 e. The van der Waals surface area contributed by atoms with Crippen molar-refractivity contribution in [3.8, 4) is 6.07 Å². The molecule has 1 amide bonds. The predicted molar refractivity (Wildman–Crippen MR) is 123 cm³/mol. The number of imidazole rings is 1. The van der Waals surface area contributed by atoms with Crippen molar-refractivity contribution in [3.05, 3.63) is 58.6 Å². The van der Waals surface area contributed by atoms with E-state index in [-0.39, 0.29) is 11.5 Å². The second kappa shape index (κ2) is 7.89. The summed E-state index contributed by atoms with van der Waals surface area (Å²) in [6.07, 6.45) is 7.06. The Morgan fingerprint density at radius 1 is 1.25 bits per heavy atom. The van der Waals surface area contributed by atoms with Crippen LogP contribution in [0.3, 0.4) is 0 Å². The highest BCUT2D eigenvalue weighted by Gasteiger charge is 2.51. The Kier molecular flexibility index (Phi) is 5.17. The lowest BCUT2D eigenvalue weighted by atomic mass is 9.68. The summed E-state index contributed by atoms with van der Waals surface area (Å²) in [4.78, 5) is 23.4. The topological polar surface area (TPSA) is 84.0 Å². The fraction of sp³-hybridized carbons (Fsp3) is 0.417. The number of benzene rings is 1. The number of hydrogen-bond donors (Lipinski definition) is 0. The maximum absolute atomic E-state index is 12.7. The first-order valence-corrected chi connectivity index (χ1v) is 11.6. The van der Waals surface area contributed by atoms with Gasteiger partial charge in [-0.15, -0.1) is 0 Å². The number of halogens is 1.